The minimum absolute atomic E-state index is 0.350. The molecule has 3 heteroatoms. The lowest BCUT2D eigenvalue weighted by Gasteiger charge is -2.45. The number of hydrogen-bond acceptors (Lipinski definition) is 3. The molecule has 0 amide bonds. The Morgan fingerprint density at radius 2 is 1.89 bits per heavy atom. The largest absolute Gasteiger partial charge is 0.329 e. The maximum Gasteiger partial charge on any atom is 0.0334 e. The van der Waals surface area contributed by atoms with Crippen molar-refractivity contribution in [2.45, 2.75) is 44.6 Å². The highest BCUT2D eigenvalue weighted by atomic mass is 15.2. The van der Waals surface area contributed by atoms with Gasteiger partial charge >= 0.3 is 0 Å². The normalized spacial score (nSPS) is 35.5. The Hall–Kier alpha value is -0.120. The summed E-state index contributed by atoms with van der Waals surface area (Å²) in [4.78, 5) is 5.05. The van der Waals surface area contributed by atoms with Crippen molar-refractivity contribution in [2.75, 3.05) is 40.3 Å². The molecule has 18 heavy (non-hydrogen) atoms. The number of hydrogen-bond donors (Lipinski definition) is 1. The molecule has 0 bridgehead atoms. The van der Waals surface area contributed by atoms with E-state index in [9.17, 15) is 0 Å². The number of nitrogens with two attached hydrogens (primary N) is 1. The van der Waals surface area contributed by atoms with E-state index < -0.39 is 0 Å². The van der Waals surface area contributed by atoms with Crippen molar-refractivity contribution in [3.05, 3.63) is 0 Å². The molecule has 2 atom stereocenters. The fourth-order valence-corrected chi connectivity index (χ4v) is 4.08. The zero-order valence-electron chi connectivity index (χ0n) is 12.5. The van der Waals surface area contributed by atoms with Gasteiger partial charge in [0, 0.05) is 18.6 Å². The van der Waals surface area contributed by atoms with Gasteiger partial charge in [0.05, 0.1) is 0 Å². The third kappa shape index (κ3) is 3.06. The molecule has 0 aromatic rings. The third-order valence-corrected chi connectivity index (χ3v) is 5.12. The highest BCUT2D eigenvalue weighted by molar-refractivity contribution is 4.99. The average Bonchev–Trinajstić information content (AvgIpc) is 2.72. The van der Waals surface area contributed by atoms with Gasteiger partial charge in [-0.2, -0.15) is 0 Å². The van der Waals surface area contributed by atoms with Crippen molar-refractivity contribution in [1.29, 1.82) is 0 Å². The van der Waals surface area contributed by atoms with Crippen LogP contribution in [-0.4, -0.2) is 55.6 Å². The maximum atomic E-state index is 6.13. The van der Waals surface area contributed by atoms with Crippen LogP contribution in [0, 0.1) is 11.8 Å². The quantitative estimate of drug-likeness (QED) is 0.829. The first kappa shape index (κ1) is 14.3. The van der Waals surface area contributed by atoms with Crippen LogP contribution >= 0.6 is 0 Å². The molecule has 106 valence electrons. The second kappa shape index (κ2) is 5.89. The molecular weight excluding hydrogens is 222 g/mol. The summed E-state index contributed by atoms with van der Waals surface area (Å²) in [5.74, 6) is 1.76. The SMILES string of the molecule is CC1CCC(CN)(N2CCC(CN(C)C)CC2)C1. The van der Waals surface area contributed by atoms with Gasteiger partial charge in [-0.05, 0) is 71.1 Å². The standard InChI is InChI=1S/C15H31N3/c1-13-4-7-15(10-13,12-16)18-8-5-14(6-9-18)11-17(2)3/h13-14H,4-12,16H2,1-3H3. The molecule has 2 fully saturated rings. The molecular formula is C15H31N3. The summed E-state index contributed by atoms with van der Waals surface area (Å²) in [6.45, 7) is 7.02. The van der Waals surface area contributed by atoms with Gasteiger partial charge in [0.15, 0.2) is 0 Å². The third-order valence-electron chi connectivity index (χ3n) is 5.12. The molecule has 2 N–H and O–H groups in total. The molecule has 1 aliphatic carbocycles. The van der Waals surface area contributed by atoms with Gasteiger partial charge in [0.2, 0.25) is 0 Å². The van der Waals surface area contributed by atoms with Crippen LogP contribution in [0.15, 0.2) is 0 Å². The first-order chi connectivity index (χ1) is 8.55. The summed E-state index contributed by atoms with van der Waals surface area (Å²) in [6.07, 6.45) is 6.72. The zero-order valence-corrected chi connectivity index (χ0v) is 12.5. The van der Waals surface area contributed by atoms with Gasteiger partial charge in [-0.25, -0.2) is 0 Å². The van der Waals surface area contributed by atoms with Crippen LogP contribution < -0.4 is 5.73 Å². The van der Waals surface area contributed by atoms with E-state index in [1.165, 1.54) is 51.7 Å². The summed E-state index contributed by atoms with van der Waals surface area (Å²) < 4.78 is 0. The van der Waals surface area contributed by atoms with Gasteiger partial charge < -0.3 is 10.6 Å². The molecule has 1 saturated carbocycles. The summed E-state index contributed by atoms with van der Waals surface area (Å²) >= 11 is 0. The molecule has 1 aliphatic heterocycles. The minimum atomic E-state index is 0.350. The van der Waals surface area contributed by atoms with Crippen LogP contribution in [0.5, 0.6) is 0 Å². The minimum Gasteiger partial charge on any atom is -0.329 e. The lowest BCUT2D eigenvalue weighted by molar-refractivity contribution is 0.0515. The Morgan fingerprint density at radius 3 is 2.33 bits per heavy atom. The van der Waals surface area contributed by atoms with Crippen LogP contribution in [0.4, 0.5) is 0 Å². The van der Waals surface area contributed by atoms with Crippen molar-refractivity contribution in [2.24, 2.45) is 17.6 Å². The number of piperidine rings is 1. The molecule has 0 radical (unpaired) electrons. The number of rotatable bonds is 4. The van der Waals surface area contributed by atoms with Crippen molar-refractivity contribution < 1.29 is 0 Å². The molecule has 2 unspecified atom stereocenters. The van der Waals surface area contributed by atoms with E-state index in [4.69, 9.17) is 5.73 Å². The summed E-state index contributed by atoms with van der Waals surface area (Å²) in [5, 5.41) is 0. The first-order valence-corrected chi connectivity index (χ1v) is 7.65. The highest BCUT2D eigenvalue weighted by Crippen LogP contribution is 2.40. The average molecular weight is 253 g/mol. The van der Waals surface area contributed by atoms with E-state index in [-0.39, 0.29) is 0 Å². The van der Waals surface area contributed by atoms with E-state index in [0.29, 0.717) is 5.54 Å². The van der Waals surface area contributed by atoms with Gasteiger partial charge in [-0.15, -0.1) is 0 Å². The number of likely N-dealkylation sites (tertiary alicyclic amines) is 1. The fourth-order valence-electron chi connectivity index (χ4n) is 4.08. The Kier molecular flexibility index (Phi) is 4.68. The summed E-state index contributed by atoms with van der Waals surface area (Å²) in [7, 11) is 4.37. The lowest BCUT2D eigenvalue weighted by Crippen LogP contribution is -2.55. The fraction of sp³-hybridized carbons (Fsp3) is 1.00. The van der Waals surface area contributed by atoms with E-state index >= 15 is 0 Å². The zero-order chi connectivity index (χ0) is 13.2. The van der Waals surface area contributed by atoms with Crippen LogP contribution in [0.25, 0.3) is 0 Å². The first-order valence-electron chi connectivity index (χ1n) is 7.65. The second-order valence-corrected chi connectivity index (χ2v) is 6.97. The van der Waals surface area contributed by atoms with Crippen LogP contribution in [0.3, 0.4) is 0 Å². The van der Waals surface area contributed by atoms with E-state index in [2.05, 4.69) is 30.8 Å². The monoisotopic (exact) mass is 253 g/mol. The predicted molar refractivity (Wildman–Crippen MR) is 77.7 cm³/mol. The van der Waals surface area contributed by atoms with Crippen molar-refractivity contribution in [3.8, 4) is 0 Å². The molecule has 2 rings (SSSR count). The van der Waals surface area contributed by atoms with E-state index in [1.807, 2.05) is 0 Å². The molecule has 2 aliphatic rings. The number of nitrogens with zero attached hydrogens (tertiary/aromatic N) is 2. The Morgan fingerprint density at radius 1 is 1.22 bits per heavy atom. The van der Waals surface area contributed by atoms with Crippen LogP contribution in [0.2, 0.25) is 0 Å². The molecule has 0 spiro atoms. The van der Waals surface area contributed by atoms with Crippen LogP contribution in [-0.2, 0) is 0 Å². The summed E-state index contributed by atoms with van der Waals surface area (Å²) in [5.41, 5.74) is 6.48. The highest BCUT2D eigenvalue weighted by Gasteiger charge is 2.42. The van der Waals surface area contributed by atoms with Crippen molar-refractivity contribution in [1.82, 2.24) is 9.80 Å². The van der Waals surface area contributed by atoms with E-state index in [1.54, 1.807) is 0 Å². The van der Waals surface area contributed by atoms with Gasteiger partial charge in [-0.1, -0.05) is 6.92 Å². The Bertz CT molecular complexity index is 258. The molecule has 3 nitrogen and oxygen atoms in total. The lowest BCUT2D eigenvalue weighted by atomic mass is 9.88. The smallest absolute Gasteiger partial charge is 0.0334 e. The van der Waals surface area contributed by atoms with Gasteiger partial charge in [-0.3, -0.25) is 4.90 Å². The van der Waals surface area contributed by atoms with Crippen LogP contribution in [0.1, 0.15) is 39.0 Å². The second-order valence-electron chi connectivity index (χ2n) is 6.97. The molecule has 1 heterocycles. The molecule has 1 saturated heterocycles. The topological polar surface area (TPSA) is 32.5 Å². The Labute approximate surface area is 113 Å². The van der Waals surface area contributed by atoms with Crippen molar-refractivity contribution in [3.63, 3.8) is 0 Å². The maximum absolute atomic E-state index is 6.13. The van der Waals surface area contributed by atoms with Gasteiger partial charge in [0.25, 0.3) is 0 Å². The predicted octanol–water partition coefficient (Wildman–Crippen LogP) is 1.78. The Balaban J connectivity index is 1.88. The molecule has 0 aromatic carbocycles. The summed E-state index contributed by atoms with van der Waals surface area (Å²) in [6, 6.07) is 0. The van der Waals surface area contributed by atoms with Crippen molar-refractivity contribution >= 4 is 0 Å². The molecule has 0 aromatic heterocycles. The van der Waals surface area contributed by atoms with E-state index in [0.717, 1.165) is 18.4 Å². The van der Waals surface area contributed by atoms with Gasteiger partial charge in [0.1, 0.15) is 0 Å².